The molecule has 182 valence electrons. The first kappa shape index (κ1) is 23.6. The van der Waals surface area contributed by atoms with Gasteiger partial charge >= 0.3 is 5.97 Å². The number of rotatable bonds is 5. The highest BCUT2D eigenvalue weighted by atomic mass is 32.2. The van der Waals surface area contributed by atoms with E-state index in [4.69, 9.17) is 9.72 Å². The quantitative estimate of drug-likeness (QED) is 0.298. The number of hydrogen-bond acceptors (Lipinski definition) is 6. The lowest BCUT2D eigenvalue weighted by atomic mass is 9.78. The van der Waals surface area contributed by atoms with E-state index in [1.165, 1.54) is 44.6 Å². The highest BCUT2D eigenvalue weighted by molar-refractivity contribution is 7.99. The van der Waals surface area contributed by atoms with Gasteiger partial charge in [0.25, 0.3) is 5.56 Å². The molecule has 0 N–H and O–H groups in total. The summed E-state index contributed by atoms with van der Waals surface area (Å²) in [4.78, 5) is 45.7. The topological polar surface area (TPSA) is 81.5 Å². The molecule has 7 nitrogen and oxygen atoms in total. The van der Waals surface area contributed by atoms with Crippen molar-refractivity contribution in [2.45, 2.75) is 49.7 Å². The first-order valence-corrected chi connectivity index (χ1v) is 13.2. The number of thioether (sulfide) groups is 1. The molecule has 2 fully saturated rings. The molecule has 3 aromatic rings. The van der Waals surface area contributed by atoms with Crippen LogP contribution in [0.3, 0.4) is 0 Å². The predicted octanol–water partition coefficient (Wildman–Crippen LogP) is 4.45. The maximum atomic E-state index is 13.5. The lowest BCUT2D eigenvalue weighted by molar-refractivity contribution is -0.134. The molecule has 0 spiro atoms. The minimum atomic E-state index is -0.488. The number of ether oxygens (including phenoxy) is 1. The minimum absolute atomic E-state index is 0.101. The minimum Gasteiger partial charge on any atom is -0.465 e. The number of amides is 1. The summed E-state index contributed by atoms with van der Waals surface area (Å²) in [6.45, 7) is 0.805. The molecular weight excluding hydrogens is 462 g/mol. The summed E-state index contributed by atoms with van der Waals surface area (Å²) in [6, 6.07) is 14.4. The summed E-state index contributed by atoms with van der Waals surface area (Å²) in [6.07, 6.45) is 7.00. The molecular formula is C27H29N3O4S. The molecule has 1 aliphatic carbocycles. The van der Waals surface area contributed by atoms with Gasteiger partial charge in [0.2, 0.25) is 5.91 Å². The van der Waals surface area contributed by atoms with Gasteiger partial charge in [-0.25, -0.2) is 9.78 Å². The van der Waals surface area contributed by atoms with Crippen LogP contribution in [0.25, 0.3) is 16.6 Å². The first-order valence-electron chi connectivity index (χ1n) is 12.2. The number of likely N-dealkylation sites (tertiary alicyclic amines) is 1. The number of hydrogen-bond donors (Lipinski definition) is 0. The van der Waals surface area contributed by atoms with E-state index >= 15 is 0 Å². The molecule has 0 unspecified atom stereocenters. The Morgan fingerprint density at radius 2 is 1.83 bits per heavy atom. The second kappa shape index (κ2) is 10.2. The van der Waals surface area contributed by atoms with Crippen LogP contribution in [0.15, 0.2) is 58.5 Å². The molecule has 2 aliphatic rings. The predicted molar refractivity (Wildman–Crippen MR) is 136 cm³/mol. The Morgan fingerprint density at radius 3 is 2.63 bits per heavy atom. The second-order valence-corrected chi connectivity index (χ2v) is 10.2. The van der Waals surface area contributed by atoms with Crippen LogP contribution in [-0.4, -0.2) is 51.8 Å². The standard InChI is InChI=1S/C27H29N3O4S/c1-34-26(33)19-13-14-21-22(16-19)28-27(30(25(21)32)20-10-3-2-4-11-20)35-17-24(31)29-15-7-9-18-8-5-6-12-23(18)29/h2-4,10-11,13-14,16,18,23H,5-9,12,15,17H2,1H3/t18-,23-/m0/s1. The van der Waals surface area contributed by atoms with Crippen molar-refractivity contribution in [1.82, 2.24) is 14.5 Å². The molecule has 8 heteroatoms. The smallest absolute Gasteiger partial charge is 0.337 e. The van der Waals surface area contributed by atoms with Crippen LogP contribution >= 0.6 is 11.8 Å². The maximum Gasteiger partial charge on any atom is 0.337 e. The average molecular weight is 492 g/mol. The molecule has 0 bridgehead atoms. The first-order chi connectivity index (χ1) is 17.1. The second-order valence-electron chi connectivity index (χ2n) is 9.22. The van der Waals surface area contributed by atoms with Gasteiger partial charge in [0.1, 0.15) is 0 Å². The molecule has 1 saturated heterocycles. The molecule has 35 heavy (non-hydrogen) atoms. The zero-order valence-electron chi connectivity index (χ0n) is 19.8. The van der Waals surface area contributed by atoms with E-state index < -0.39 is 5.97 Å². The van der Waals surface area contributed by atoms with E-state index in [2.05, 4.69) is 4.90 Å². The Labute approximate surface area is 208 Å². The van der Waals surface area contributed by atoms with E-state index in [1.54, 1.807) is 22.8 Å². The molecule has 1 aromatic heterocycles. The Kier molecular flexibility index (Phi) is 6.90. The fourth-order valence-corrected chi connectivity index (χ4v) is 6.35. The van der Waals surface area contributed by atoms with Crippen molar-refractivity contribution in [3.05, 3.63) is 64.4 Å². The van der Waals surface area contributed by atoms with Gasteiger partial charge in [-0.15, -0.1) is 0 Å². The van der Waals surface area contributed by atoms with Gasteiger partial charge < -0.3 is 9.64 Å². The van der Waals surface area contributed by atoms with Crippen LogP contribution < -0.4 is 5.56 Å². The molecule has 2 aromatic carbocycles. The van der Waals surface area contributed by atoms with Crippen LogP contribution in [0.2, 0.25) is 0 Å². The number of nitrogens with zero attached hydrogens (tertiary/aromatic N) is 3. The molecule has 1 amide bonds. The number of aromatic nitrogens is 2. The van der Waals surface area contributed by atoms with Crippen LogP contribution in [0.5, 0.6) is 0 Å². The molecule has 1 aliphatic heterocycles. The molecule has 2 heterocycles. The lowest BCUT2D eigenvalue weighted by Crippen LogP contribution is -2.50. The van der Waals surface area contributed by atoms with Crippen molar-refractivity contribution in [3.8, 4) is 5.69 Å². The number of benzene rings is 2. The molecule has 5 rings (SSSR count). The zero-order valence-corrected chi connectivity index (χ0v) is 20.6. The van der Waals surface area contributed by atoms with Crippen molar-refractivity contribution in [2.24, 2.45) is 5.92 Å². The largest absolute Gasteiger partial charge is 0.465 e. The van der Waals surface area contributed by atoms with Gasteiger partial charge in [-0.05, 0) is 61.9 Å². The molecule has 0 radical (unpaired) electrons. The van der Waals surface area contributed by atoms with Crippen LogP contribution in [-0.2, 0) is 9.53 Å². The Morgan fingerprint density at radius 1 is 1.06 bits per heavy atom. The number of carbonyl (C=O) groups is 2. The summed E-state index contributed by atoms with van der Waals surface area (Å²) in [5, 5.41) is 0.833. The Balaban J connectivity index is 1.49. The zero-order chi connectivity index (χ0) is 24.4. The van der Waals surface area contributed by atoms with Crippen LogP contribution in [0, 0.1) is 5.92 Å². The van der Waals surface area contributed by atoms with Gasteiger partial charge in [-0.1, -0.05) is 42.8 Å². The number of fused-ring (bicyclic) bond motifs is 2. The van der Waals surface area contributed by atoms with E-state index in [-0.39, 0.29) is 17.2 Å². The van der Waals surface area contributed by atoms with E-state index in [9.17, 15) is 14.4 Å². The third kappa shape index (κ3) is 4.72. The highest BCUT2D eigenvalue weighted by Gasteiger charge is 2.35. The van der Waals surface area contributed by atoms with Crippen LogP contribution in [0.1, 0.15) is 48.9 Å². The van der Waals surface area contributed by atoms with Gasteiger partial charge in [0.15, 0.2) is 5.16 Å². The summed E-state index contributed by atoms with van der Waals surface area (Å²) < 4.78 is 6.38. The normalized spacial score (nSPS) is 19.9. The number of carbonyl (C=O) groups excluding carboxylic acids is 2. The Bertz CT molecular complexity index is 1310. The lowest BCUT2D eigenvalue weighted by Gasteiger charge is -2.44. The fourth-order valence-electron chi connectivity index (χ4n) is 5.46. The Hall–Kier alpha value is -3.13. The van der Waals surface area contributed by atoms with Crippen molar-refractivity contribution < 1.29 is 14.3 Å². The summed E-state index contributed by atoms with van der Waals surface area (Å²) in [7, 11) is 1.32. The summed E-state index contributed by atoms with van der Waals surface area (Å²) >= 11 is 1.28. The van der Waals surface area contributed by atoms with E-state index in [1.807, 2.05) is 30.3 Å². The van der Waals surface area contributed by atoms with Crippen molar-refractivity contribution in [2.75, 3.05) is 19.4 Å². The van der Waals surface area contributed by atoms with E-state index in [0.29, 0.717) is 39.3 Å². The average Bonchev–Trinajstić information content (AvgIpc) is 2.91. The third-order valence-corrected chi connectivity index (χ3v) is 8.09. The third-order valence-electron chi connectivity index (χ3n) is 7.16. The maximum absolute atomic E-state index is 13.5. The van der Waals surface area contributed by atoms with Gasteiger partial charge in [0, 0.05) is 12.6 Å². The number of piperidine rings is 1. The molecule has 2 atom stereocenters. The number of para-hydroxylation sites is 1. The van der Waals surface area contributed by atoms with Crippen molar-refractivity contribution in [1.29, 1.82) is 0 Å². The monoisotopic (exact) mass is 491 g/mol. The van der Waals surface area contributed by atoms with Crippen molar-refractivity contribution >= 4 is 34.5 Å². The molecule has 1 saturated carbocycles. The van der Waals surface area contributed by atoms with Crippen LogP contribution in [0.4, 0.5) is 0 Å². The van der Waals surface area contributed by atoms with Gasteiger partial charge in [-0.3, -0.25) is 14.2 Å². The fraction of sp³-hybridized carbons (Fsp3) is 0.407. The number of methoxy groups -OCH3 is 1. The van der Waals surface area contributed by atoms with E-state index in [0.717, 1.165) is 19.4 Å². The van der Waals surface area contributed by atoms with Gasteiger partial charge in [0.05, 0.1) is 35.0 Å². The number of esters is 1. The van der Waals surface area contributed by atoms with Crippen molar-refractivity contribution in [3.63, 3.8) is 0 Å². The SMILES string of the molecule is COC(=O)c1ccc2c(=O)n(-c3ccccc3)c(SCC(=O)N3CCC[C@@H]4CCCC[C@@H]43)nc2c1. The van der Waals surface area contributed by atoms with Gasteiger partial charge in [-0.2, -0.15) is 0 Å². The summed E-state index contributed by atoms with van der Waals surface area (Å²) in [5.41, 5.74) is 1.18. The summed E-state index contributed by atoms with van der Waals surface area (Å²) in [5.74, 6) is 0.441. The highest BCUT2D eigenvalue weighted by Crippen LogP contribution is 2.35.